The van der Waals surface area contributed by atoms with E-state index in [0.717, 1.165) is 16.6 Å². The van der Waals surface area contributed by atoms with Gasteiger partial charge >= 0.3 is 0 Å². The van der Waals surface area contributed by atoms with Crippen LogP contribution in [0.3, 0.4) is 0 Å². The van der Waals surface area contributed by atoms with E-state index in [0.29, 0.717) is 17.1 Å². The minimum absolute atomic E-state index is 0.0689. The van der Waals surface area contributed by atoms with Crippen LogP contribution in [0.15, 0.2) is 65.5 Å². The molecule has 2 heterocycles. The molecule has 7 heteroatoms. The van der Waals surface area contributed by atoms with Gasteiger partial charge in [-0.3, -0.25) is 19.3 Å². The highest BCUT2D eigenvalue weighted by molar-refractivity contribution is 5.93. The molecule has 4 rings (SSSR count). The molecule has 0 spiro atoms. The Labute approximate surface area is 167 Å². The van der Waals surface area contributed by atoms with Crippen molar-refractivity contribution in [2.45, 2.75) is 13.3 Å². The van der Waals surface area contributed by atoms with Crippen molar-refractivity contribution < 1.29 is 4.79 Å². The Morgan fingerprint density at radius 3 is 2.62 bits per heavy atom. The zero-order chi connectivity index (χ0) is 20.5. The van der Waals surface area contributed by atoms with Crippen LogP contribution in [0.1, 0.15) is 11.4 Å². The van der Waals surface area contributed by atoms with Crippen LogP contribution in [0, 0.1) is 6.92 Å². The largest absolute Gasteiger partial charge is 0.399 e. The number of nitrogens with one attached hydrogen (secondary N) is 1. The number of fused-ring (bicyclic) bond motifs is 1. The molecule has 0 saturated heterocycles. The lowest BCUT2D eigenvalue weighted by atomic mass is 10.1. The summed E-state index contributed by atoms with van der Waals surface area (Å²) in [4.78, 5) is 30.0. The van der Waals surface area contributed by atoms with E-state index in [1.54, 1.807) is 30.8 Å². The second-order valence-electron chi connectivity index (χ2n) is 6.92. The molecule has 0 bridgehead atoms. The van der Waals surface area contributed by atoms with Gasteiger partial charge in [0, 0.05) is 18.1 Å². The van der Waals surface area contributed by atoms with Gasteiger partial charge in [-0.05, 0) is 43.3 Å². The lowest BCUT2D eigenvalue weighted by Crippen LogP contribution is -2.23. The second-order valence-corrected chi connectivity index (χ2v) is 6.92. The summed E-state index contributed by atoms with van der Waals surface area (Å²) < 4.78 is 3.26. The van der Waals surface area contributed by atoms with Crippen molar-refractivity contribution in [3.05, 3.63) is 82.4 Å². The first-order valence-electron chi connectivity index (χ1n) is 9.23. The van der Waals surface area contributed by atoms with Gasteiger partial charge in [0.2, 0.25) is 5.91 Å². The second kappa shape index (κ2) is 7.27. The van der Waals surface area contributed by atoms with Crippen LogP contribution in [0.2, 0.25) is 0 Å². The summed E-state index contributed by atoms with van der Waals surface area (Å²) >= 11 is 0. The molecular formula is C22H21N5O2. The maximum atomic E-state index is 12.9. The highest BCUT2D eigenvalue weighted by Gasteiger charge is 2.18. The first-order valence-corrected chi connectivity index (χ1v) is 9.23. The maximum Gasteiger partial charge on any atom is 0.295 e. The number of rotatable bonds is 4. The molecule has 4 aromatic rings. The van der Waals surface area contributed by atoms with Crippen molar-refractivity contribution in [2.75, 3.05) is 11.1 Å². The summed E-state index contributed by atoms with van der Waals surface area (Å²) in [6.45, 7) is 1.80. The predicted octanol–water partition coefficient (Wildman–Crippen LogP) is 2.80. The van der Waals surface area contributed by atoms with Gasteiger partial charge in [-0.2, -0.15) is 0 Å². The Morgan fingerprint density at radius 1 is 1.10 bits per heavy atom. The number of benzene rings is 2. The first-order chi connectivity index (χ1) is 13.9. The summed E-state index contributed by atoms with van der Waals surface area (Å²) in [6.07, 6.45) is 0.0689. The molecule has 29 heavy (non-hydrogen) atoms. The quantitative estimate of drug-likeness (QED) is 0.527. The lowest BCUT2D eigenvalue weighted by Gasteiger charge is -2.07. The predicted molar refractivity (Wildman–Crippen MR) is 114 cm³/mol. The number of aromatic nitrogens is 3. The van der Waals surface area contributed by atoms with Crippen molar-refractivity contribution in [1.82, 2.24) is 14.3 Å². The molecule has 1 amide bonds. The number of amides is 1. The van der Waals surface area contributed by atoms with Gasteiger partial charge in [-0.15, -0.1) is 0 Å². The van der Waals surface area contributed by atoms with Gasteiger partial charge in [0.15, 0.2) is 0 Å². The number of nitrogen functional groups attached to an aromatic ring is 1. The first kappa shape index (κ1) is 18.5. The number of anilines is 2. The van der Waals surface area contributed by atoms with Gasteiger partial charge in [0.1, 0.15) is 5.69 Å². The Hall–Kier alpha value is -3.87. The van der Waals surface area contributed by atoms with E-state index in [9.17, 15) is 9.59 Å². The molecule has 0 aliphatic rings. The third kappa shape index (κ3) is 3.50. The van der Waals surface area contributed by atoms with Gasteiger partial charge in [-0.25, -0.2) is 4.68 Å². The normalized spacial score (nSPS) is 11.0. The number of nitrogens with two attached hydrogens (primary N) is 1. The topological polar surface area (TPSA) is 94.9 Å². The number of para-hydroxylation sites is 1. The molecule has 2 aromatic carbocycles. The fraction of sp³-hybridized carbons (Fsp3) is 0.136. The molecule has 0 radical (unpaired) electrons. The molecule has 2 aromatic heterocycles. The fourth-order valence-electron chi connectivity index (χ4n) is 3.35. The average molecular weight is 387 g/mol. The Bertz CT molecular complexity index is 1270. The van der Waals surface area contributed by atoms with Crippen LogP contribution in [-0.2, 0) is 18.3 Å². The van der Waals surface area contributed by atoms with Crippen LogP contribution in [-0.4, -0.2) is 20.3 Å². The van der Waals surface area contributed by atoms with Crippen molar-refractivity contribution in [3.63, 3.8) is 0 Å². The van der Waals surface area contributed by atoms with E-state index in [2.05, 4.69) is 10.3 Å². The molecule has 7 nitrogen and oxygen atoms in total. The molecule has 0 aliphatic heterocycles. The van der Waals surface area contributed by atoms with E-state index < -0.39 is 0 Å². The molecule has 0 fully saturated rings. The van der Waals surface area contributed by atoms with Crippen LogP contribution in [0.4, 0.5) is 11.4 Å². The number of carbonyl (C=O) groups excluding carboxylic acids is 1. The third-order valence-electron chi connectivity index (χ3n) is 4.93. The summed E-state index contributed by atoms with van der Waals surface area (Å²) in [5, 5.41) is 3.68. The fourth-order valence-corrected chi connectivity index (χ4v) is 3.35. The van der Waals surface area contributed by atoms with E-state index in [1.165, 1.54) is 4.68 Å². The molecule has 0 unspecified atom stereocenters. The van der Waals surface area contributed by atoms with Crippen LogP contribution >= 0.6 is 0 Å². The van der Waals surface area contributed by atoms with Gasteiger partial charge in [0.25, 0.3) is 5.56 Å². The van der Waals surface area contributed by atoms with E-state index >= 15 is 0 Å². The number of hydrogen-bond acceptors (Lipinski definition) is 4. The van der Waals surface area contributed by atoms with Gasteiger partial charge in [-0.1, -0.05) is 24.3 Å². The van der Waals surface area contributed by atoms with Crippen molar-refractivity contribution in [1.29, 1.82) is 0 Å². The number of pyridine rings is 1. The highest BCUT2D eigenvalue weighted by Crippen LogP contribution is 2.17. The summed E-state index contributed by atoms with van der Waals surface area (Å²) in [5.74, 6) is -0.293. The van der Waals surface area contributed by atoms with E-state index in [-0.39, 0.29) is 23.6 Å². The Kier molecular flexibility index (Phi) is 4.64. The highest BCUT2D eigenvalue weighted by atomic mass is 16.2. The average Bonchev–Trinajstić information content (AvgIpc) is 2.92. The SMILES string of the molecule is Cc1c(NC(=O)Cc2ccc3cc(N)ccc3n2)c(=O)n(-c2ccccc2)n1C. The smallest absolute Gasteiger partial charge is 0.295 e. The van der Waals surface area contributed by atoms with Crippen LogP contribution < -0.4 is 16.6 Å². The molecule has 0 atom stereocenters. The van der Waals surface area contributed by atoms with Gasteiger partial charge in [0.05, 0.1) is 29.0 Å². The number of hydrogen-bond donors (Lipinski definition) is 2. The van der Waals surface area contributed by atoms with Crippen LogP contribution in [0.5, 0.6) is 0 Å². The number of nitrogens with zero attached hydrogens (tertiary/aromatic N) is 3. The van der Waals surface area contributed by atoms with Crippen LogP contribution in [0.25, 0.3) is 16.6 Å². The van der Waals surface area contributed by atoms with E-state index in [4.69, 9.17) is 5.73 Å². The monoisotopic (exact) mass is 387 g/mol. The maximum absolute atomic E-state index is 12.9. The molecule has 0 saturated carbocycles. The molecular weight excluding hydrogens is 366 g/mol. The minimum atomic E-state index is -0.293. The lowest BCUT2D eigenvalue weighted by molar-refractivity contribution is -0.115. The molecule has 146 valence electrons. The number of carbonyl (C=O) groups is 1. The summed E-state index contributed by atoms with van der Waals surface area (Å²) in [6, 6.07) is 18.4. The van der Waals surface area contributed by atoms with Crippen molar-refractivity contribution >= 4 is 28.2 Å². The molecule has 0 aliphatic carbocycles. The van der Waals surface area contributed by atoms with Gasteiger partial charge < -0.3 is 11.1 Å². The minimum Gasteiger partial charge on any atom is -0.399 e. The zero-order valence-corrected chi connectivity index (χ0v) is 16.2. The molecule has 3 N–H and O–H groups in total. The van der Waals surface area contributed by atoms with Crippen molar-refractivity contribution in [2.24, 2.45) is 7.05 Å². The van der Waals surface area contributed by atoms with E-state index in [1.807, 2.05) is 48.5 Å². The van der Waals surface area contributed by atoms with Crippen molar-refractivity contribution in [3.8, 4) is 5.69 Å². The Balaban J connectivity index is 1.59. The standard InChI is InChI=1S/C22H21N5O2/c1-14-21(22(29)27(26(14)2)18-6-4-3-5-7-18)25-20(28)13-17-10-8-15-12-16(23)9-11-19(15)24-17/h3-12H,13,23H2,1-2H3,(H,25,28). The summed E-state index contributed by atoms with van der Waals surface area (Å²) in [7, 11) is 1.79. The summed E-state index contributed by atoms with van der Waals surface area (Å²) in [5.41, 5.74) is 9.26. The zero-order valence-electron chi connectivity index (χ0n) is 16.2. The Morgan fingerprint density at radius 2 is 1.86 bits per heavy atom. The third-order valence-corrected chi connectivity index (χ3v) is 4.93.